The molecule has 0 bridgehead atoms. The van der Waals surface area contributed by atoms with Crippen molar-refractivity contribution in [1.82, 2.24) is 5.32 Å². The zero-order valence-corrected chi connectivity index (χ0v) is 30.1. The first-order valence-corrected chi connectivity index (χ1v) is 18.9. The fourth-order valence-corrected chi connectivity index (χ4v) is 5.12. The third kappa shape index (κ3) is 35.8. The number of carboxylic acid groups (broad SMARTS) is 1. The van der Waals surface area contributed by atoms with E-state index in [1.807, 2.05) is 0 Å². The topological polar surface area (TPSA) is 92.7 Å². The molecule has 0 radical (unpaired) electrons. The number of hydrogen-bond donors (Lipinski definition) is 2. The van der Waals surface area contributed by atoms with Crippen LogP contribution >= 0.6 is 0 Å². The van der Waals surface area contributed by atoms with Crippen LogP contribution in [-0.2, 0) is 19.1 Å². The molecular formula is C41H69NO5. The normalized spacial score (nSPS) is 12.7. The number of amides is 1. The molecule has 268 valence electrons. The van der Waals surface area contributed by atoms with Gasteiger partial charge in [0.25, 0.3) is 0 Å². The van der Waals surface area contributed by atoms with Gasteiger partial charge in [0.15, 0.2) is 0 Å². The van der Waals surface area contributed by atoms with Gasteiger partial charge in [0.05, 0.1) is 0 Å². The molecule has 1 unspecified atom stereocenters. The second-order valence-electron chi connectivity index (χ2n) is 12.4. The van der Waals surface area contributed by atoms with Crippen molar-refractivity contribution in [2.45, 2.75) is 174 Å². The highest BCUT2D eigenvalue weighted by Crippen LogP contribution is 2.15. The van der Waals surface area contributed by atoms with Gasteiger partial charge in [-0.25, -0.2) is 0 Å². The van der Waals surface area contributed by atoms with Crippen LogP contribution in [0.1, 0.15) is 168 Å². The summed E-state index contributed by atoms with van der Waals surface area (Å²) in [5, 5.41) is 11.0. The van der Waals surface area contributed by atoms with Crippen molar-refractivity contribution in [3.05, 3.63) is 60.8 Å². The van der Waals surface area contributed by atoms with E-state index in [0.717, 1.165) is 103 Å². The van der Waals surface area contributed by atoms with Gasteiger partial charge in [-0.2, -0.15) is 0 Å². The van der Waals surface area contributed by atoms with Crippen LogP contribution < -0.4 is 5.32 Å². The Kier molecular flexibility index (Phi) is 33.7. The van der Waals surface area contributed by atoms with Crippen LogP contribution in [0.25, 0.3) is 0 Å². The molecule has 0 aromatic heterocycles. The van der Waals surface area contributed by atoms with E-state index >= 15 is 0 Å². The minimum Gasteiger partial charge on any atom is -0.480 e. The number of rotatable bonds is 33. The number of unbranched alkanes of at least 4 members (excludes halogenated alkanes) is 14. The molecule has 0 heterocycles. The van der Waals surface area contributed by atoms with Crippen molar-refractivity contribution in [2.75, 3.05) is 6.54 Å². The summed E-state index contributed by atoms with van der Waals surface area (Å²) in [5.41, 5.74) is 0. The van der Waals surface area contributed by atoms with Crippen molar-refractivity contribution in [1.29, 1.82) is 0 Å². The van der Waals surface area contributed by atoms with Gasteiger partial charge in [0.2, 0.25) is 5.91 Å². The van der Waals surface area contributed by atoms with Crippen LogP contribution in [0, 0.1) is 0 Å². The van der Waals surface area contributed by atoms with Crippen LogP contribution in [-0.4, -0.2) is 35.6 Å². The predicted octanol–water partition coefficient (Wildman–Crippen LogP) is 11.3. The molecule has 0 spiro atoms. The fraction of sp³-hybridized carbons (Fsp3) is 0.683. The molecule has 0 saturated heterocycles. The molecule has 6 nitrogen and oxygen atoms in total. The van der Waals surface area contributed by atoms with Crippen LogP contribution in [0.4, 0.5) is 0 Å². The number of nitrogens with one attached hydrogen (secondary N) is 1. The lowest BCUT2D eigenvalue weighted by Crippen LogP contribution is -2.28. The second kappa shape index (κ2) is 36.0. The van der Waals surface area contributed by atoms with Crippen LogP contribution in [0.3, 0.4) is 0 Å². The Hall–Kier alpha value is -2.89. The summed E-state index contributed by atoms with van der Waals surface area (Å²) in [4.78, 5) is 34.8. The highest BCUT2D eigenvalue weighted by molar-refractivity contribution is 5.80. The van der Waals surface area contributed by atoms with E-state index in [4.69, 9.17) is 9.84 Å². The van der Waals surface area contributed by atoms with E-state index < -0.39 is 5.97 Å². The molecule has 0 aliphatic heterocycles. The zero-order valence-electron chi connectivity index (χ0n) is 30.1. The van der Waals surface area contributed by atoms with Gasteiger partial charge in [0, 0.05) is 12.8 Å². The predicted molar refractivity (Wildman–Crippen MR) is 198 cm³/mol. The smallest absolute Gasteiger partial charge is 0.322 e. The Labute approximate surface area is 288 Å². The number of carboxylic acids is 1. The summed E-state index contributed by atoms with van der Waals surface area (Å²) in [7, 11) is 0. The van der Waals surface area contributed by atoms with Gasteiger partial charge in [-0.05, 0) is 83.1 Å². The van der Waals surface area contributed by atoms with Gasteiger partial charge in [-0.1, -0.05) is 133 Å². The lowest BCUT2D eigenvalue weighted by Gasteiger charge is -2.14. The molecule has 0 aromatic carbocycles. The van der Waals surface area contributed by atoms with Gasteiger partial charge < -0.3 is 15.2 Å². The minimum absolute atomic E-state index is 0.0894. The Morgan fingerprint density at radius 1 is 0.596 bits per heavy atom. The van der Waals surface area contributed by atoms with Gasteiger partial charge >= 0.3 is 11.9 Å². The first kappa shape index (κ1) is 44.1. The number of aliphatic carboxylic acids is 1. The highest BCUT2D eigenvalue weighted by Gasteiger charge is 2.11. The monoisotopic (exact) mass is 656 g/mol. The molecule has 0 rings (SSSR count). The first-order valence-electron chi connectivity index (χ1n) is 18.9. The lowest BCUT2D eigenvalue weighted by atomic mass is 10.1. The Morgan fingerprint density at radius 2 is 1.11 bits per heavy atom. The van der Waals surface area contributed by atoms with Gasteiger partial charge in [-0.3, -0.25) is 14.4 Å². The maximum Gasteiger partial charge on any atom is 0.322 e. The quantitative estimate of drug-likeness (QED) is 0.0417. The largest absolute Gasteiger partial charge is 0.480 e. The second-order valence-corrected chi connectivity index (χ2v) is 12.4. The lowest BCUT2D eigenvalue weighted by molar-refractivity contribution is -0.147. The summed E-state index contributed by atoms with van der Waals surface area (Å²) in [6.45, 7) is 4.07. The first-order chi connectivity index (χ1) is 23.0. The number of allylic oxidation sites excluding steroid dienone is 9. The average molecular weight is 656 g/mol. The number of carbonyl (C=O) groups excluding carboxylic acids is 2. The molecule has 2 N–H and O–H groups in total. The van der Waals surface area contributed by atoms with E-state index in [2.05, 4.69) is 79.9 Å². The number of ether oxygens (including phenoxy) is 1. The molecule has 0 saturated carbocycles. The summed E-state index contributed by atoms with van der Waals surface area (Å²) < 4.78 is 5.90. The maximum atomic E-state index is 12.6. The molecule has 1 atom stereocenters. The molecule has 0 aliphatic rings. The Balaban J connectivity index is 4.27. The number of esters is 1. The van der Waals surface area contributed by atoms with Crippen molar-refractivity contribution < 1.29 is 24.2 Å². The fourth-order valence-electron chi connectivity index (χ4n) is 5.12. The molecule has 47 heavy (non-hydrogen) atoms. The third-order valence-electron chi connectivity index (χ3n) is 7.91. The van der Waals surface area contributed by atoms with Crippen molar-refractivity contribution in [2.24, 2.45) is 0 Å². The summed E-state index contributed by atoms with van der Waals surface area (Å²) >= 11 is 0. The average Bonchev–Trinajstić information content (AvgIpc) is 3.05. The standard InChI is InChI=1S/C41H69NO5/c1-3-5-7-9-11-13-14-15-16-17-18-20-22-28-32-36-41(46)47-38(33-29-25-21-19-12-10-8-6-4-2)34-30-26-23-24-27-31-35-39(43)42-37-40(44)45/h5,7,11,13,15-16,19,21,29,33,38H,3-4,6,8-10,12,14,17-18,20,22-28,30-32,34-37H2,1-2H3,(H,42,43)(H,44,45)/b7-5-,13-11-,16-15-,21-19-,33-29-. The molecule has 6 heteroatoms. The van der Waals surface area contributed by atoms with E-state index in [0.29, 0.717) is 12.8 Å². The molecular weight excluding hydrogens is 586 g/mol. The van der Waals surface area contributed by atoms with Crippen molar-refractivity contribution in [3.8, 4) is 0 Å². The van der Waals surface area contributed by atoms with Crippen molar-refractivity contribution >= 4 is 17.8 Å². The van der Waals surface area contributed by atoms with Gasteiger partial charge in [0.1, 0.15) is 12.6 Å². The highest BCUT2D eigenvalue weighted by atomic mass is 16.5. The SMILES string of the molecule is CC/C=C\C/C=C\C/C=C\CCCCCCCC(=O)OC(/C=C\C/C=C\CCCCCC)CCCCCCCCC(=O)NCC(=O)O. The van der Waals surface area contributed by atoms with Crippen LogP contribution in [0.5, 0.6) is 0 Å². The van der Waals surface area contributed by atoms with E-state index in [1.54, 1.807) is 0 Å². The van der Waals surface area contributed by atoms with E-state index in [-0.39, 0.29) is 24.5 Å². The zero-order chi connectivity index (χ0) is 34.5. The van der Waals surface area contributed by atoms with Gasteiger partial charge in [-0.15, -0.1) is 0 Å². The molecule has 0 aromatic rings. The van der Waals surface area contributed by atoms with Crippen LogP contribution in [0.2, 0.25) is 0 Å². The third-order valence-corrected chi connectivity index (χ3v) is 7.91. The Morgan fingerprint density at radius 3 is 1.72 bits per heavy atom. The summed E-state index contributed by atoms with van der Waals surface area (Å²) in [6, 6.07) is 0. The van der Waals surface area contributed by atoms with E-state index in [9.17, 15) is 14.4 Å². The molecule has 0 aliphatic carbocycles. The Bertz CT molecular complexity index is 902. The summed E-state index contributed by atoms with van der Waals surface area (Å²) in [5.74, 6) is -1.31. The minimum atomic E-state index is -1.02. The van der Waals surface area contributed by atoms with Crippen LogP contribution in [0.15, 0.2) is 60.8 Å². The number of carbonyl (C=O) groups is 3. The number of hydrogen-bond acceptors (Lipinski definition) is 4. The summed E-state index contributed by atoms with van der Waals surface area (Å²) in [6.07, 6.45) is 46.4. The molecule has 1 amide bonds. The van der Waals surface area contributed by atoms with Crippen molar-refractivity contribution in [3.63, 3.8) is 0 Å². The maximum absolute atomic E-state index is 12.6. The molecule has 0 fully saturated rings. The van der Waals surface area contributed by atoms with E-state index in [1.165, 1.54) is 38.5 Å².